The van der Waals surface area contributed by atoms with Gasteiger partial charge in [-0.2, -0.15) is 0 Å². The van der Waals surface area contributed by atoms with Crippen molar-refractivity contribution < 1.29 is 14.7 Å². The first-order valence-electron chi connectivity index (χ1n) is 5.76. The normalized spacial score (nSPS) is 13.8. The molecule has 1 N–H and O–H groups in total. The zero-order valence-electron chi connectivity index (χ0n) is 11.4. The van der Waals surface area contributed by atoms with Gasteiger partial charge in [0.25, 0.3) is 0 Å². The molecule has 18 heavy (non-hydrogen) atoms. The van der Waals surface area contributed by atoms with Gasteiger partial charge in [-0.15, -0.1) is 0 Å². The summed E-state index contributed by atoms with van der Waals surface area (Å²) in [6.45, 7) is 6.73. The second kappa shape index (κ2) is 4.80. The van der Waals surface area contributed by atoms with Crippen molar-refractivity contribution in [3.63, 3.8) is 0 Å². The molecule has 0 saturated carbocycles. The van der Waals surface area contributed by atoms with Gasteiger partial charge in [0.1, 0.15) is 0 Å². The summed E-state index contributed by atoms with van der Waals surface area (Å²) in [5.41, 5.74) is 1.23. The average molecular weight is 249 g/mol. The molecule has 0 saturated heterocycles. The number of carboxylic acid groups (broad SMARTS) is 1. The Morgan fingerprint density at radius 1 is 1.17 bits per heavy atom. The minimum atomic E-state index is -1.34. The standard InChI is InChI=1S/C14H19NO3/c1-9-6-10(2)8-12(7-9)14(4,13(17)18)15(5)11(3)16/h6-8H,1-5H3,(H,17,18). The largest absolute Gasteiger partial charge is 0.479 e. The Hall–Kier alpha value is -1.84. The maximum Gasteiger partial charge on any atom is 0.334 e. The van der Waals surface area contributed by atoms with Gasteiger partial charge in [0.05, 0.1) is 0 Å². The lowest BCUT2D eigenvalue weighted by Gasteiger charge is -2.35. The first kappa shape index (κ1) is 14.2. The van der Waals surface area contributed by atoms with E-state index in [0.29, 0.717) is 5.56 Å². The molecule has 0 aromatic heterocycles. The summed E-state index contributed by atoms with van der Waals surface area (Å²) in [6, 6.07) is 5.58. The number of hydrogen-bond acceptors (Lipinski definition) is 2. The van der Waals surface area contributed by atoms with Crippen LogP contribution in [0.5, 0.6) is 0 Å². The number of hydrogen-bond donors (Lipinski definition) is 1. The van der Waals surface area contributed by atoms with Gasteiger partial charge in [0.15, 0.2) is 5.54 Å². The quantitative estimate of drug-likeness (QED) is 0.892. The molecular formula is C14H19NO3. The number of nitrogens with zero attached hydrogens (tertiary/aromatic N) is 1. The van der Waals surface area contributed by atoms with Gasteiger partial charge in [0, 0.05) is 14.0 Å². The maximum atomic E-state index is 11.6. The van der Waals surface area contributed by atoms with Crippen molar-refractivity contribution in [2.45, 2.75) is 33.2 Å². The molecular weight excluding hydrogens is 230 g/mol. The smallest absolute Gasteiger partial charge is 0.334 e. The van der Waals surface area contributed by atoms with Gasteiger partial charge in [-0.1, -0.05) is 29.3 Å². The number of amides is 1. The van der Waals surface area contributed by atoms with E-state index in [2.05, 4.69) is 0 Å². The molecule has 0 fully saturated rings. The molecule has 98 valence electrons. The topological polar surface area (TPSA) is 57.6 Å². The van der Waals surface area contributed by atoms with E-state index in [1.54, 1.807) is 19.1 Å². The Labute approximate surface area is 107 Å². The fraction of sp³-hybridized carbons (Fsp3) is 0.429. The zero-order chi connectivity index (χ0) is 14.1. The van der Waals surface area contributed by atoms with Crippen molar-refractivity contribution in [3.8, 4) is 0 Å². The van der Waals surface area contributed by atoms with Crippen molar-refractivity contribution in [1.29, 1.82) is 0 Å². The van der Waals surface area contributed by atoms with Crippen LogP contribution in [0.4, 0.5) is 0 Å². The van der Waals surface area contributed by atoms with Gasteiger partial charge in [-0.25, -0.2) is 4.79 Å². The van der Waals surface area contributed by atoms with Crippen LogP contribution in [0.25, 0.3) is 0 Å². The summed E-state index contributed by atoms with van der Waals surface area (Å²) in [5.74, 6) is -1.32. The molecule has 0 bridgehead atoms. The first-order chi connectivity index (χ1) is 8.19. The summed E-state index contributed by atoms with van der Waals surface area (Å²) in [5, 5.41) is 9.49. The highest BCUT2D eigenvalue weighted by molar-refractivity contribution is 5.86. The molecule has 1 aromatic carbocycles. The molecule has 4 heteroatoms. The van der Waals surface area contributed by atoms with Crippen LogP contribution in [0.1, 0.15) is 30.5 Å². The molecule has 1 atom stereocenters. The van der Waals surface area contributed by atoms with E-state index in [1.807, 2.05) is 19.9 Å². The van der Waals surface area contributed by atoms with E-state index in [4.69, 9.17) is 0 Å². The van der Waals surface area contributed by atoms with E-state index in [1.165, 1.54) is 18.9 Å². The van der Waals surface area contributed by atoms with E-state index in [-0.39, 0.29) is 5.91 Å². The van der Waals surface area contributed by atoms with Crippen LogP contribution in [-0.2, 0) is 15.1 Å². The second-order valence-electron chi connectivity index (χ2n) is 4.83. The summed E-state index contributed by atoms with van der Waals surface area (Å²) in [4.78, 5) is 24.4. The predicted octanol–water partition coefficient (Wildman–Crippen LogP) is 2.08. The third kappa shape index (κ3) is 2.37. The first-order valence-corrected chi connectivity index (χ1v) is 5.76. The van der Waals surface area contributed by atoms with Gasteiger partial charge < -0.3 is 10.0 Å². The monoisotopic (exact) mass is 249 g/mol. The minimum absolute atomic E-state index is 0.279. The number of carboxylic acids is 1. The van der Waals surface area contributed by atoms with Crippen LogP contribution in [0, 0.1) is 13.8 Å². The van der Waals surface area contributed by atoms with Gasteiger partial charge in [0.2, 0.25) is 5.91 Å². The molecule has 0 aliphatic carbocycles. The van der Waals surface area contributed by atoms with E-state index in [0.717, 1.165) is 11.1 Å². The third-order valence-electron chi connectivity index (χ3n) is 3.34. The van der Waals surface area contributed by atoms with Crippen LogP contribution in [0.3, 0.4) is 0 Å². The molecule has 1 amide bonds. The summed E-state index contributed by atoms with van der Waals surface area (Å²) in [7, 11) is 1.51. The Bertz CT molecular complexity index is 476. The molecule has 0 aliphatic rings. The van der Waals surface area contributed by atoms with Gasteiger partial charge in [-0.05, 0) is 26.3 Å². The fourth-order valence-corrected chi connectivity index (χ4v) is 2.03. The molecule has 4 nitrogen and oxygen atoms in total. The Balaban J connectivity index is 3.45. The second-order valence-corrected chi connectivity index (χ2v) is 4.83. The highest BCUT2D eigenvalue weighted by Gasteiger charge is 2.41. The van der Waals surface area contributed by atoms with Crippen molar-refractivity contribution in [2.24, 2.45) is 0 Å². The highest BCUT2D eigenvalue weighted by Crippen LogP contribution is 2.29. The van der Waals surface area contributed by atoms with Gasteiger partial charge >= 0.3 is 5.97 Å². The van der Waals surface area contributed by atoms with Crippen LogP contribution >= 0.6 is 0 Å². The third-order valence-corrected chi connectivity index (χ3v) is 3.34. The van der Waals surface area contributed by atoms with Crippen LogP contribution < -0.4 is 0 Å². The van der Waals surface area contributed by atoms with Crippen molar-refractivity contribution >= 4 is 11.9 Å². The summed E-state index contributed by atoms with van der Waals surface area (Å²) in [6.07, 6.45) is 0. The van der Waals surface area contributed by atoms with Crippen LogP contribution in [0.2, 0.25) is 0 Å². The maximum absolute atomic E-state index is 11.6. The van der Waals surface area contributed by atoms with Gasteiger partial charge in [-0.3, -0.25) is 4.79 Å². The lowest BCUT2D eigenvalue weighted by molar-refractivity contribution is -0.156. The number of rotatable bonds is 3. The van der Waals surface area contributed by atoms with E-state index < -0.39 is 11.5 Å². The summed E-state index contributed by atoms with van der Waals surface area (Å²) < 4.78 is 0. The van der Waals surface area contributed by atoms with Crippen molar-refractivity contribution in [1.82, 2.24) is 4.90 Å². The van der Waals surface area contributed by atoms with Crippen LogP contribution in [-0.4, -0.2) is 28.9 Å². The Morgan fingerprint density at radius 3 is 1.94 bits per heavy atom. The van der Waals surface area contributed by atoms with E-state index in [9.17, 15) is 14.7 Å². The number of carbonyl (C=O) groups is 2. The Morgan fingerprint density at radius 2 is 1.61 bits per heavy atom. The van der Waals surface area contributed by atoms with Crippen molar-refractivity contribution in [3.05, 3.63) is 34.9 Å². The van der Waals surface area contributed by atoms with E-state index >= 15 is 0 Å². The minimum Gasteiger partial charge on any atom is -0.479 e. The lowest BCUT2D eigenvalue weighted by Crippen LogP contribution is -2.50. The fourth-order valence-electron chi connectivity index (χ4n) is 2.03. The molecule has 0 aliphatic heterocycles. The predicted molar refractivity (Wildman–Crippen MR) is 69.3 cm³/mol. The molecule has 1 aromatic rings. The number of benzene rings is 1. The molecule has 0 radical (unpaired) electrons. The molecule has 1 unspecified atom stereocenters. The number of carbonyl (C=O) groups excluding carboxylic acids is 1. The Kier molecular flexibility index (Phi) is 3.79. The molecule has 0 heterocycles. The summed E-state index contributed by atoms with van der Waals surface area (Å²) >= 11 is 0. The lowest BCUT2D eigenvalue weighted by atomic mass is 9.88. The SMILES string of the molecule is CC(=O)N(C)C(C)(C(=O)O)c1cc(C)cc(C)c1. The molecule has 1 rings (SSSR count). The number of aryl methyl sites for hydroxylation is 2. The van der Waals surface area contributed by atoms with Crippen molar-refractivity contribution in [2.75, 3.05) is 7.05 Å². The average Bonchev–Trinajstić information content (AvgIpc) is 2.25. The number of likely N-dealkylation sites (N-methyl/N-ethyl adjacent to an activating group) is 1. The number of aliphatic carboxylic acids is 1. The zero-order valence-corrected chi connectivity index (χ0v) is 11.4. The molecule has 0 spiro atoms. The highest BCUT2D eigenvalue weighted by atomic mass is 16.4. The van der Waals surface area contributed by atoms with Crippen LogP contribution in [0.15, 0.2) is 18.2 Å².